The van der Waals surface area contributed by atoms with Gasteiger partial charge in [0.2, 0.25) is 0 Å². The first-order chi connectivity index (χ1) is 10.2. The number of benzene rings is 1. The average molecular weight is 287 g/mol. The monoisotopic (exact) mass is 287 g/mol. The van der Waals surface area contributed by atoms with Crippen molar-refractivity contribution in [1.29, 1.82) is 0 Å². The van der Waals surface area contributed by atoms with E-state index in [2.05, 4.69) is 11.4 Å². The number of para-hydroxylation sites is 1. The Morgan fingerprint density at radius 3 is 2.95 bits per heavy atom. The Morgan fingerprint density at radius 1 is 1.29 bits per heavy atom. The smallest absolute Gasteiger partial charge is 0.308 e. The fourth-order valence-corrected chi connectivity index (χ4v) is 3.20. The van der Waals surface area contributed by atoms with E-state index in [1.54, 1.807) is 0 Å². The Hall–Kier alpha value is -1.81. The molecule has 0 unspecified atom stereocenters. The summed E-state index contributed by atoms with van der Waals surface area (Å²) in [5.41, 5.74) is 2.27. The van der Waals surface area contributed by atoms with Crippen molar-refractivity contribution in [1.82, 2.24) is 5.32 Å². The van der Waals surface area contributed by atoms with Crippen molar-refractivity contribution >= 4 is 12.0 Å². The molecule has 4 heteroatoms. The van der Waals surface area contributed by atoms with Gasteiger partial charge in [-0.3, -0.25) is 4.79 Å². The minimum atomic E-state index is -0.675. The molecule has 1 saturated carbocycles. The van der Waals surface area contributed by atoms with Crippen LogP contribution in [-0.4, -0.2) is 30.3 Å². The van der Waals surface area contributed by atoms with Crippen LogP contribution in [0.1, 0.15) is 31.2 Å². The fraction of sp³-hybridized carbons (Fsp3) is 0.471. The third-order valence-electron chi connectivity index (χ3n) is 4.37. The van der Waals surface area contributed by atoms with Crippen LogP contribution in [0.5, 0.6) is 5.75 Å². The van der Waals surface area contributed by atoms with Gasteiger partial charge in [-0.1, -0.05) is 31.0 Å². The van der Waals surface area contributed by atoms with Crippen LogP contribution in [0.3, 0.4) is 0 Å². The first kappa shape index (κ1) is 14.1. The van der Waals surface area contributed by atoms with Gasteiger partial charge in [0.05, 0.1) is 5.92 Å². The van der Waals surface area contributed by atoms with Crippen molar-refractivity contribution in [2.75, 3.05) is 13.2 Å². The molecule has 0 spiro atoms. The average Bonchev–Trinajstić information content (AvgIpc) is 2.53. The van der Waals surface area contributed by atoms with E-state index in [1.165, 1.54) is 5.57 Å². The van der Waals surface area contributed by atoms with E-state index in [4.69, 9.17) is 4.74 Å². The van der Waals surface area contributed by atoms with E-state index >= 15 is 0 Å². The maximum absolute atomic E-state index is 11.3. The fourth-order valence-electron chi connectivity index (χ4n) is 3.20. The van der Waals surface area contributed by atoms with Crippen molar-refractivity contribution in [2.45, 2.75) is 31.7 Å². The highest BCUT2D eigenvalue weighted by Crippen LogP contribution is 2.27. The number of aliphatic carboxylic acids is 1. The van der Waals surface area contributed by atoms with E-state index in [9.17, 15) is 9.90 Å². The number of nitrogens with one attached hydrogen (secondary N) is 1. The molecule has 0 aromatic heterocycles. The minimum absolute atomic E-state index is 0.0781. The quantitative estimate of drug-likeness (QED) is 0.894. The van der Waals surface area contributed by atoms with Crippen molar-refractivity contribution < 1.29 is 14.6 Å². The topological polar surface area (TPSA) is 58.6 Å². The molecule has 3 rings (SSSR count). The molecule has 112 valence electrons. The molecule has 4 nitrogen and oxygen atoms in total. The first-order valence-electron chi connectivity index (χ1n) is 7.61. The first-order valence-corrected chi connectivity index (χ1v) is 7.61. The number of hydrogen-bond donors (Lipinski definition) is 2. The van der Waals surface area contributed by atoms with Crippen molar-refractivity contribution in [3.8, 4) is 5.75 Å². The van der Waals surface area contributed by atoms with Crippen LogP contribution in [0.2, 0.25) is 0 Å². The van der Waals surface area contributed by atoms with E-state index < -0.39 is 5.97 Å². The molecule has 2 aliphatic rings. The van der Waals surface area contributed by atoms with Gasteiger partial charge in [0.15, 0.2) is 0 Å². The zero-order chi connectivity index (χ0) is 14.7. The van der Waals surface area contributed by atoms with E-state index in [0.29, 0.717) is 13.2 Å². The highest BCUT2D eigenvalue weighted by Gasteiger charge is 2.30. The Balaban J connectivity index is 1.63. The van der Waals surface area contributed by atoms with Crippen LogP contribution in [0, 0.1) is 5.92 Å². The summed E-state index contributed by atoms with van der Waals surface area (Å²) >= 11 is 0. The van der Waals surface area contributed by atoms with Gasteiger partial charge in [-0.15, -0.1) is 0 Å². The van der Waals surface area contributed by atoms with Crippen LogP contribution >= 0.6 is 0 Å². The number of ether oxygens (including phenoxy) is 1. The molecular weight excluding hydrogens is 266 g/mol. The van der Waals surface area contributed by atoms with Gasteiger partial charge in [0.25, 0.3) is 0 Å². The highest BCUT2D eigenvalue weighted by atomic mass is 16.5. The van der Waals surface area contributed by atoms with E-state index in [-0.39, 0.29) is 12.0 Å². The third-order valence-corrected chi connectivity index (χ3v) is 4.37. The summed E-state index contributed by atoms with van der Waals surface area (Å²) in [6, 6.07) is 8.05. The number of carbonyl (C=O) groups is 1. The van der Waals surface area contributed by atoms with Gasteiger partial charge in [-0.2, -0.15) is 0 Å². The SMILES string of the molecule is O=C(O)[C@@H]1CCCC[C@@H]1NCC1=Cc2ccccc2OC1. The molecule has 1 aromatic carbocycles. The Kier molecular flexibility index (Phi) is 4.25. The largest absolute Gasteiger partial charge is 0.489 e. The van der Waals surface area contributed by atoms with E-state index in [1.807, 2.05) is 24.3 Å². The molecule has 1 aliphatic heterocycles. The zero-order valence-electron chi connectivity index (χ0n) is 12.0. The summed E-state index contributed by atoms with van der Waals surface area (Å²) < 4.78 is 5.73. The molecule has 1 aliphatic carbocycles. The number of rotatable bonds is 4. The molecule has 1 aromatic rings. The van der Waals surface area contributed by atoms with Gasteiger partial charge in [-0.05, 0) is 30.6 Å². The highest BCUT2D eigenvalue weighted by molar-refractivity contribution is 5.71. The summed E-state index contributed by atoms with van der Waals surface area (Å²) in [5, 5.41) is 12.7. The standard InChI is InChI=1S/C17H21NO3/c19-17(20)14-6-2-3-7-15(14)18-10-12-9-13-5-1-4-8-16(13)21-11-12/h1,4-5,8-9,14-15,18H,2-3,6-7,10-11H2,(H,19,20)/t14-,15+/m1/s1. The summed E-state index contributed by atoms with van der Waals surface area (Å²) in [6.45, 7) is 1.28. The van der Waals surface area contributed by atoms with Crippen LogP contribution in [-0.2, 0) is 4.79 Å². The second kappa shape index (κ2) is 6.31. The second-order valence-corrected chi connectivity index (χ2v) is 5.85. The molecule has 2 N–H and O–H groups in total. The lowest BCUT2D eigenvalue weighted by molar-refractivity contribution is -0.143. The number of carboxylic acid groups (broad SMARTS) is 1. The minimum Gasteiger partial charge on any atom is -0.489 e. The second-order valence-electron chi connectivity index (χ2n) is 5.85. The molecular formula is C17H21NO3. The molecule has 21 heavy (non-hydrogen) atoms. The molecule has 0 radical (unpaired) electrons. The number of carboxylic acids is 1. The van der Waals surface area contributed by atoms with Crippen LogP contribution in [0.4, 0.5) is 0 Å². The Labute approximate surface area is 124 Å². The van der Waals surface area contributed by atoms with Crippen molar-refractivity contribution in [3.63, 3.8) is 0 Å². The third kappa shape index (κ3) is 3.27. The van der Waals surface area contributed by atoms with Crippen molar-refractivity contribution in [3.05, 3.63) is 35.4 Å². The maximum atomic E-state index is 11.3. The molecule has 1 fully saturated rings. The lowest BCUT2D eigenvalue weighted by Gasteiger charge is -2.30. The van der Waals surface area contributed by atoms with Crippen molar-refractivity contribution in [2.24, 2.45) is 5.92 Å². The van der Waals surface area contributed by atoms with Gasteiger partial charge in [-0.25, -0.2) is 0 Å². The summed E-state index contributed by atoms with van der Waals surface area (Å²) in [7, 11) is 0. The number of fused-ring (bicyclic) bond motifs is 1. The van der Waals surface area contributed by atoms with Crippen LogP contribution in [0.15, 0.2) is 29.8 Å². The Bertz CT molecular complexity index is 553. The Morgan fingerprint density at radius 2 is 2.10 bits per heavy atom. The van der Waals surface area contributed by atoms with Gasteiger partial charge in [0.1, 0.15) is 12.4 Å². The van der Waals surface area contributed by atoms with Gasteiger partial charge in [0, 0.05) is 18.2 Å². The molecule has 0 bridgehead atoms. The lowest BCUT2D eigenvalue weighted by Crippen LogP contribution is -2.43. The van der Waals surface area contributed by atoms with Crippen LogP contribution in [0.25, 0.3) is 6.08 Å². The maximum Gasteiger partial charge on any atom is 0.308 e. The predicted octanol–water partition coefficient (Wildman–Crippen LogP) is 2.70. The molecule has 2 atom stereocenters. The summed E-state index contributed by atoms with van der Waals surface area (Å²) in [4.78, 5) is 11.3. The molecule has 0 saturated heterocycles. The normalized spacial score (nSPS) is 24.7. The van der Waals surface area contributed by atoms with E-state index in [0.717, 1.165) is 37.0 Å². The zero-order valence-corrected chi connectivity index (χ0v) is 12.0. The molecule has 1 heterocycles. The predicted molar refractivity (Wildman–Crippen MR) is 81.3 cm³/mol. The summed E-state index contributed by atoms with van der Waals surface area (Å²) in [5.74, 6) is -0.00936. The number of hydrogen-bond acceptors (Lipinski definition) is 3. The van der Waals surface area contributed by atoms with Gasteiger partial charge < -0.3 is 15.2 Å². The van der Waals surface area contributed by atoms with Gasteiger partial charge >= 0.3 is 5.97 Å². The summed E-state index contributed by atoms with van der Waals surface area (Å²) in [6.07, 6.45) is 6.01. The van der Waals surface area contributed by atoms with Crippen LogP contribution < -0.4 is 10.1 Å². The molecule has 0 amide bonds. The lowest BCUT2D eigenvalue weighted by atomic mass is 9.84.